The van der Waals surface area contributed by atoms with E-state index in [0.29, 0.717) is 6.42 Å². The number of esters is 2. The van der Waals surface area contributed by atoms with Crippen LogP contribution in [-0.2, 0) is 32.7 Å². The fourth-order valence-corrected chi connectivity index (χ4v) is 7.00. The van der Waals surface area contributed by atoms with E-state index in [9.17, 15) is 19.0 Å². The summed E-state index contributed by atoms with van der Waals surface area (Å²) in [5.41, 5.74) is 5.35. The number of hydrogen-bond acceptors (Lipinski definition) is 8. The molecule has 0 aromatic rings. The van der Waals surface area contributed by atoms with E-state index >= 15 is 0 Å². The first-order valence-electron chi connectivity index (χ1n) is 22.5. The fraction of sp³-hybridized carbons (Fsp3) is 0.822. The van der Waals surface area contributed by atoms with Gasteiger partial charge in [0.15, 0.2) is 6.10 Å². The molecule has 0 rings (SSSR count). The number of ether oxygens (including phenoxy) is 2. The number of phosphoric acid groups is 1. The maximum absolute atomic E-state index is 12.6. The van der Waals surface area contributed by atoms with Gasteiger partial charge in [-0.05, 0) is 44.9 Å². The number of allylic oxidation sites excluding steroid dienone is 6. The molecule has 0 aliphatic rings. The van der Waals surface area contributed by atoms with E-state index in [1.54, 1.807) is 0 Å². The molecule has 0 bridgehead atoms. The topological polar surface area (TPSA) is 134 Å². The summed E-state index contributed by atoms with van der Waals surface area (Å²) in [4.78, 5) is 34.9. The second-order valence-electron chi connectivity index (χ2n) is 14.9. The Hall–Kier alpha value is -1.77. The first kappa shape index (κ1) is 53.2. The van der Waals surface area contributed by atoms with E-state index < -0.39 is 26.5 Å². The van der Waals surface area contributed by atoms with Crippen LogP contribution >= 0.6 is 7.82 Å². The maximum atomic E-state index is 12.6. The summed E-state index contributed by atoms with van der Waals surface area (Å²) < 4.78 is 32.8. The van der Waals surface area contributed by atoms with Crippen LogP contribution in [-0.4, -0.2) is 49.3 Å². The van der Waals surface area contributed by atoms with Gasteiger partial charge in [0.25, 0.3) is 0 Å². The molecule has 0 heterocycles. The summed E-state index contributed by atoms with van der Waals surface area (Å²) in [5, 5.41) is 0. The Balaban J connectivity index is 4.10. The molecule has 0 aliphatic heterocycles. The van der Waals surface area contributed by atoms with E-state index in [2.05, 4.69) is 50.3 Å². The summed E-state index contributed by atoms with van der Waals surface area (Å²) >= 11 is 0. The van der Waals surface area contributed by atoms with Crippen molar-refractivity contribution < 1.29 is 37.6 Å². The van der Waals surface area contributed by atoms with E-state index in [1.807, 2.05) is 0 Å². The molecule has 0 amide bonds. The Bertz CT molecular complexity index is 1000. The average Bonchev–Trinajstić information content (AvgIpc) is 3.17. The highest BCUT2D eigenvalue weighted by molar-refractivity contribution is 7.47. The Morgan fingerprint density at radius 3 is 1.49 bits per heavy atom. The second-order valence-corrected chi connectivity index (χ2v) is 16.3. The van der Waals surface area contributed by atoms with Crippen molar-refractivity contribution in [3.8, 4) is 0 Å². The third-order valence-corrected chi connectivity index (χ3v) is 10.5. The number of rotatable bonds is 42. The molecule has 322 valence electrons. The number of phosphoric ester groups is 1. The molecule has 55 heavy (non-hydrogen) atoms. The van der Waals surface area contributed by atoms with Gasteiger partial charge < -0.3 is 20.1 Å². The zero-order chi connectivity index (χ0) is 40.3. The fourth-order valence-electron chi connectivity index (χ4n) is 6.24. The Morgan fingerprint density at radius 1 is 0.564 bits per heavy atom. The van der Waals surface area contributed by atoms with Gasteiger partial charge in [-0.3, -0.25) is 18.6 Å². The number of carbonyl (C=O) groups is 2. The largest absolute Gasteiger partial charge is 0.472 e. The summed E-state index contributed by atoms with van der Waals surface area (Å²) in [7, 11) is -4.38. The lowest BCUT2D eigenvalue weighted by molar-refractivity contribution is -0.161. The zero-order valence-electron chi connectivity index (χ0n) is 35.4. The molecule has 3 N–H and O–H groups in total. The van der Waals surface area contributed by atoms with Crippen LogP contribution in [0, 0.1) is 0 Å². The molecular weight excluding hydrogens is 713 g/mol. The first-order valence-corrected chi connectivity index (χ1v) is 24.0. The van der Waals surface area contributed by atoms with E-state index in [1.165, 1.54) is 103 Å². The molecule has 0 radical (unpaired) electrons. The van der Waals surface area contributed by atoms with E-state index in [-0.39, 0.29) is 38.6 Å². The number of carbonyl (C=O) groups excluding carboxylic acids is 2. The Labute approximate surface area is 337 Å². The van der Waals surface area contributed by atoms with Crippen molar-refractivity contribution in [2.75, 3.05) is 26.4 Å². The minimum Gasteiger partial charge on any atom is -0.462 e. The van der Waals surface area contributed by atoms with Gasteiger partial charge >= 0.3 is 19.8 Å². The third kappa shape index (κ3) is 41.7. The van der Waals surface area contributed by atoms with Crippen LogP contribution in [0.2, 0.25) is 0 Å². The van der Waals surface area contributed by atoms with Crippen molar-refractivity contribution in [1.82, 2.24) is 0 Å². The lowest BCUT2D eigenvalue weighted by Crippen LogP contribution is -2.29. The lowest BCUT2D eigenvalue weighted by atomic mass is 10.0. The highest BCUT2D eigenvalue weighted by Crippen LogP contribution is 2.43. The van der Waals surface area contributed by atoms with Crippen molar-refractivity contribution in [3.05, 3.63) is 36.5 Å². The van der Waals surface area contributed by atoms with Crippen molar-refractivity contribution in [2.24, 2.45) is 5.73 Å². The molecular formula is C45H84NO8P. The predicted molar refractivity (Wildman–Crippen MR) is 229 cm³/mol. The smallest absolute Gasteiger partial charge is 0.462 e. The molecule has 2 atom stereocenters. The van der Waals surface area contributed by atoms with Gasteiger partial charge in [-0.25, -0.2) is 4.57 Å². The van der Waals surface area contributed by atoms with Gasteiger partial charge in [-0.15, -0.1) is 0 Å². The van der Waals surface area contributed by atoms with Crippen LogP contribution in [0.4, 0.5) is 0 Å². The molecule has 0 saturated carbocycles. The molecule has 0 saturated heterocycles. The molecule has 0 aromatic carbocycles. The molecule has 0 aromatic heterocycles. The molecule has 10 heteroatoms. The predicted octanol–water partition coefficient (Wildman–Crippen LogP) is 12.9. The maximum Gasteiger partial charge on any atom is 0.472 e. The van der Waals surface area contributed by atoms with Crippen LogP contribution < -0.4 is 5.73 Å². The number of hydrogen-bond donors (Lipinski definition) is 2. The van der Waals surface area contributed by atoms with Crippen LogP contribution in [0.25, 0.3) is 0 Å². The van der Waals surface area contributed by atoms with Crippen LogP contribution in [0.3, 0.4) is 0 Å². The van der Waals surface area contributed by atoms with Crippen LogP contribution in [0.15, 0.2) is 36.5 Å². The summed E-state index contributed by atoms with van der Waals surface area (Å²) in [6.07, 6.45) is 46.1. The molecule has 0 fully saturated rings. The van der Waals surface area contributed by atoms with Gasteiger partial charge in [-0.1, -0.05) is 185 Å². The Morgan fingerprint density at radius 2 is 1.00 bits per heavy atom. The van der Waals surface area contributed by atoms with Gasteiger partial charge in [-0.2, -0.15) is 0 Å². The van der Waals surface area contributed by atoms with Crippen molar-refractivity contribution in [3.63, 3.8) is 0 Å². The van der Waals surface area contributed by atoms with Crippen molar-refractivity contribution in [2.45, 2.75) is 213 Å². The van der Waals surface area contributed by atoms with Crippen LogP contribution in [0.1, 0.15) is 206 Å². The van der Waals surface area contributed by atoms with Crippen LogP contribution in [0.5, 0.6) is 0 Å². The lowest BCUT2D eigenvalue weighted by Gasteiger charge is -2.19. The third-order valence-electron chi connectivity index (χ3n) is 9.54. The van der Waals surface area contributed by atoms with Crippen molar-refractivity contribution >= 4 is 19.8 Å². The number of unbranched alkanes of at least 4 members (excludes halogenated alkanes) is 23. The molecule has 1 unspecified atom stereocenters. The SMILES string of the molecule is CC/C=C\C/C=C\C/C=C\CCCCCCCC(=O)O[C@H](COC(=O)CCCCCCCCCCCCCCCCCCCCC)COP(=O)(O)OCCN. The minimum absolute atomic E-state index is 0.0507. The summed E-state index contributed by atoms with van der Waals surface area (Å²) in [6.45, 7) is 3.62. The minimum atomic E-state index is -4.38. The average molecular weight is 798 g/mol. The van der Waals surface area contributed by atoms with Gasteiger partial charge in [0.1, 0.15) is 6.61 Å². The highest BCUT2D eigenvalue weighted by atomic mass is 31.2. The zero-order valence-corrected chi connectivity index (χ0v) is 36.3. The van der Waals surface area contributed by atoms with Gasteiger partial charge in [0.05, 0.1) is 13.2 Å². The molecule has 0 aliphatic carbocycles. The van der Waals surface area contributed by atoms with Gasteiger partial charge in [0.2, 0.25) is 0 Å². The highest BCUT2D eigenvalue weighted by Gasteiger charge is 2.26. The first-order chi connectivity index (χ1) is 26.8. The van der Waals surface area contributed by atoms with E-state index in [0.717, 1.165) is 70.6 Å². The second kappa shape index (κ2) is 41.9. The number of nitrogens with two attached hydrogens (primary N) is 1. The normalized spacial score (nSPS) is 13.6. The molecule has 0 spiro atoms. The van der Waals surface area contributed by atoms with E-state index in [4.69, 9.17) is 24.3 Å². The summed E-state index contributed by atoms with van der Waals surface area (Å²) in [5.74, 6) is -0.842. The summed E-state index contributed by atoms with van der Waals surface area (Å²) in [6, 6.07) is 0. The standard InChI is InChI=1S/C45H84NO8P/c1-3-5-7-9-11-13-15-17-19-20-21-22-24-25-27-29-31-33-35-37-44(47)51-41-43(42-53-55(49,50)52-40-39-46)54-45(48)38-36-34-32-30-28-26-23-18-16-14-12-10-8-6-4-2/h6,8,12,14,18,23,43H,3-5,7,9-11,13,15-17,19-22,24-42,46H2,1-2H3,(H,49,50)/b8-6-,14-12-,23-18-/t43-/m1/s1. The van der Waals surface area contributed by atoms with Crippen molar-refractivity contribution in [1.29, 1.82) is 0 Å². The Kier molecular flexibility index (Phi) is 40.5. The molecule has 9 nitrogen and oxygen atoms in total. The monoisotopic (exact) mass is 798 g/mol. The quantitative estimate of drug-likeness (QED) is 0.0268. The van der Waals surface area contributed by atoms with Gasteiger partial charge in [0, 0.05) is 19.4 Å².